The lowest BCUT2D eigenvalue weighted by Gasteiger charge is -2.39. The molecule has 0 N–H and O–H groups in total. The minimum atomic E-state index is -3.65. The van der Waals surface area contributed by atoms with Crippen LogP contribution >= 0.6 is 0 Å². The van der Waals surface area contributed by atoms with Gasteiger partial charge in [0.2, 0.25) is 15.9 Å². The number of likely N-dealkylation sites (tertiary alicyclic amines) is 1. The molecule has 1 atom stereocenters. The van der Waals surface area contributed by atoms with Gasteiger partial charge in [0.15, 0.2) is 11.5 Å². The van der Waals surface area contributed by atoms with Gasteiger partial charge in [0, 0.05) is 44.2 Å². The van der Waals surface area contributed by atoms with Crippen molar-refractivity contribution < 1.29 is 22.7 Å². The lowest BCUT2D eigenvalue weighted by molar-refractivity contribution is -0.138. The monoisotopic (exact) mass is 439 g/mol. The van der Waals surface area contributed by atoms with Crippen molar-refractivity contribution in [1.29, 1.82) is 0 Å². The van der Waals surface area contributed by atoms with Crippen molar-refractivity contribution in [1.82, 2.24) is 14.1 Å². The zero-order chi connectivity index (χ0) is 21.9. The Morgan fingerprint density at radius 2 is 1.70 bits per heavy atom. The Morgan fingerprint density at radius 3 is 2.30 bits per heavy atom. The Bertz CT molecular complexity index is 850. The number of rotatable bonds is 6. The molecule has 8 nitrogen and oxygen atoms in total. The van der Waals surface area contributed by atoms with Gasteiger partial charge in [0.25, 0.3) is 0 Å². The van der Waals surface area contributed by atoms with Crippen LogP contribution in [0.2, 0.25) is 0 Å². The van der Waals surface area contributed by atoms with Gasteiger partial charge in [0.1, 0.15) is 0 Å². The first-order valence-corrected chi connectivity index (χ1v) is 11.9. The molecular formula is C21H33N3O5S. The zero-order valence-corrected chi connectivity index (χ0v) is 19.2. The van der Waals surface area contributed by atoms with Crippen molar-refractivity contribution in [3.8, 4) is 11.5 Å². The third kappa shape index (κ3) is 4.73. The molecule has 0 aliphatic carbocycles. The van der Waals surface area contributed by atoms with Crippen LogP contribution in [0.15, 0.2) is 23.1 Å². The summed E-state index contributed by atoms with van der Waals surface area (Å²) in [6.45, 7) is 2.25. The van der Waals surface area contributed by atoms with Gasteiger partial charge < -0.3 is 19.3 Å². The fraction of sp³-hybridized carbons (Fsp3) is 0.667. The van der Waals surface area contributed by atoms with E-state index in [1.54, 1.807) is 6.07 Å². The standard InChI is InChI=1S/C21H33N3O5S/c1-22(2)17-6-5-11-23(15-17)21(25)16-9-12-24(13-10-16)30(26,27)18-7-8-19(28-3)20(14-18)29-4/h7-8,14,16-17H,5-6,9-13,15H2,1-4H3. The van der Waals surface area contributed by atoms with Crippen LogP contribution < -0.4 is 9.47 Å². The van der Waals surface area contributed by atoms with Crippen LogP contribution in [0.4, 0.5) is 0 Å². The molecule has 0 saturated carbocycles. The molecule has 2 heterocycles. The molecule has 0 aromatic heterocycles. The van der Waals surface area contributed by atoms with Gasteiger partial charge in [-0.1, -0.05) is 0 Å². The van der Waals surface area contributed by atoms with Gasteiger partial charge in [-0.2, -0.15) is 4.31 Å². The van der Waals surface area contributed by atoms with Crippen molar-refractivity contribution in [3.63, 3.8) is 0 Å². The quantitative estimate of drug-likeness (QED) is 0.671. The minimum Gasteiger partial charge on any atom is -0.493 e. The highest BCUT2D eigenvalue weighted by Crippen LogP contribution is 2.32. The summed E-state index contributed by atoms with van der Waals surface area (Å²) in [6.07, 6.45) is 3.23. The van der Waals surface area contributed by atoms with Crippen molar-refractivity contribution >= 4 is 15.9 Å². The number of likely N-dealkylation sites (N-methyl/N-ethyl adjacent to an activating group) is 1. The molecule has 2 saturated heterocycles. The fourth-order valence-electron chi connectivity index (χ4n) is 4.30. The Labute approximate surface area is 179 Å². The van der Waals surface area contributed by atoms with Crippen molar-refractivity contribution in [2.24, 2.45) is 5.92 Å². The average molecular weight is 440 g/mol. The molecule has 0 radical (unpaired) electrons. The molecule has 3 rings (SSSR count). The van der Waals surface area contributed by atoms with Crippen LogP contribution in [-0.2, 0) is 14.8 Å². The minimum absolute atomic E-state index is 0.109. The van der Waals surface area contributed by atoms with Gasteiger partial charge in [-0.3, -0.25) is 4.79 Å². The second kappa shape index (κ2) is 9.53. The first-order valence-electron chi connectivity index (χ1n) is 10.4. The Kier molecular flexibility index (Phi) is 7.26. The summed E-state index contributed by atoms with van der Waals surface area (Å²) in [6, 6.07) is 5.01. The second-order valence-electron chi connectivity index (χ2n) is 8.24. The summed E-state index contributed by atoms with van der Waals surface area (Å²) in [5.74, 6) is 0.926. The predicted octanol–water partition coefficient (Wildman–Crippen LogP) is 1.66. The van der Waals surface area contributed by atoms with Crippen molar-refractivity contribution in [3.05, 3.63) is 18.2 Å². The van der Waals surface area contributed by atoms with Gasteiger partial charge in [-0.25, -0.2) is 8.42 Å². The molecule has 2 aliphatic rings. The van der Waals surface area contributed by atoms with E-state index < -0.39 is 10.0 Å². The summed E-state index contributed by atoms with van der Waals surface area (Å²) in [5, 5.41) is 0. The normalized spacial score (nSPS) is 21.6. The van der Waals surface area contributed by atoms with E-state index in [9.17, 15) is 13.2 Å². The molecule has 2 fully saturated rings. The van der Waals surface area contributed by atoms with Crippen LogP contribution in [0.5, 0.6) is 11.5 Å². The van der Waals surface area contributed by atoms with Crippen LogP contribution in [-0.4, -0.2) is 89.0 Å². The van der Waals surface area contributed by atoms with Gasteiger partial charge in [-0.15, -0.1) is 0 Å². The summed E-state index contributed by atoms with van der Waals surface area (Å²) >= 11 is 0. The first kappa shape index (κ1) is 22.8. The van der Waals surface area contributed by atoms with Gasteiger partial charge >= 0.3 is 0 Å². The number of hydrogen-bond donors (Lipinski definition) is 0. The summed E-state index contributed by atoms with van der Waals surface area (Å²) in [7, 11) is 3.45. The number of methoxy groups -OCH3 is 2. The number of carbonyl (C=O) groups excluding carboxylic acids is 1. The Morgan fingerprint density at radius 1 is 1.03 bits per heavy atom. The molecule has 1 aromatic carbocycles. The topological polar surface area (TPSA) is 79.4 Å². The van der Waals surface area contributed by atoms with E-state index in [4.69, 9.17) is 9.47 Å². The Balaban J connectivity index is 1.64. The van der Waals surface area contributed by atoms with E-state index in [-0.39, 0.29) is 16.7 Å². The summed E-state index contributed by atoms with van der Waals surface area (Å²) < 4.78 is 38.1. The first-order chi connectivity index (χ1) is 14.3. The van der Waals surface area contributed by atoms with E-state index in [0.29, 0.717) is 43.5 Å². The second-order valence-corrected chi connectivity index (χ2v) is 10.2. The van der Waals surface area contributed by atoms with E-state index in [1.165, 1.54) is 30.7 Å². The maximum absolute atomic E-state index is 13.1. The lowest BCUT2D eigenvalue weighted by Crippen LogP contribution is -2.51. The SMILES string of the molecule is COc1ccc(S(=O)(=O)N2CCC(C(=O)N3CCCC(N(C)C)C3)CC2)cc1OC. The molecule has 9 heteroatoms. The molecule has 2 aliphatic heterocycles. The van der Waals surface area contributed by atoms with E-state index in [0.717, 1.165) is 25.9 Å². The van der Waals surface area contributed by atoms with E-state index >= 15 is 0 Å². The van der Waals surface area contributed by atoms with Gasteiger partial charge in [0.05, 0.1) is 19.1 Å². The highest BCUT2D eigenvalue weighted by atomic mass is 32.2. The zero-order valence-electron chi connectivity index (χ0n) is 18.3. The number of piperidine rings is 2. The third-order valence-electron chi connectivity index (χ3n) is 6.23. The molecular weight excluding hydrogens is 406 g/mol. The number of nitrogens with zero attached hydrogens (tertiary/aromatic N) is 3. The number of ether oxygens (including phenoxy) is 2. The average Bonchev–Trinajstić information content (AvgIpc) is 2.78. The molecule has 0 bridgehead atoms. The third-order valence-corrected chi connectivity index (χ3v) is 8.13. The number of hydrogen-bond acceptors (Lipinski definition) is 6. The van der Waals surface area contributed by atoms with Crippen LogP contribution in [0.3, 0.4) is 0 Å². The number of benzene rings is 1. The molecule has 1 aromatic rings. The number of carbonyl (C=O) groups is 1. The fourth-order valence-corrected chi connectivity index (χ4v) is 5.79. The number of sulfonamides is 1. The molecule has 1 amide bonds. The van der Waals surface area contributed by atoms with Crippen LogP contribution in [0, 0.1) is 5.92 Å². The molecule has 1 unspecified atom stereocenters. The van der Waals surface area contributed by atoms with E-state index in [2.05, 4.69) is 19.0 Å². The largest absolute Gasteiger partial charge is 0.493 e. The molecule has 168 valence electrons. The van der Waals surface area contributed by atoms with Gasteiger partial charge in [-0.05, 0) is 51.9 Å². The molecule has 0 spiro atoms. The predicted molar refractivity (Wildman–Crippen MR) is 114 cm³/mol. The van der Waals surface area contributed by atoms with Crippen LogP contribution in [0.25, 0.3) is 0 Å². The molecule has 30 heavy (non-hydrogen) atoms. The van der Waals surface area contributed by atoms with Crippen LogP contribution in [0.1, 0.15) is 25.7 Å². The Hall–Kier alpha value is -1.84. The van der Waals surface area contributed by atoms with Crippen molar-refractivity contribution in [2.45, 2.75) is 36.6 Å². The highest BCUT2D eigenvalue weighted by molar-refractivity contribution is 7.89. The maximum Gasteiger partial charge on any atom is 0.243 e. The number of amides is 1. The highest BCUT2D eigenvalue weighted by Gasteiger charge is 2.35. The summed E-state index contributed by atoms with van der Waals surface area (Å²) in [5.41, 5.74) is 0. The van der Waals surface area contributed by atoms with Crippen molar-refractivity contribution in [2.75, 3.05) is 54.5 Å². The lowest BCUT2D eigenvalue weighted by atomic mass is 9.94. The van der Waals surface area contributed by atoms with E-state index in [1.807, 2.05) is 4.90 Å². The smallest absolute Gasteiger partial charge is 0.243 e. The maximum atomic E-state index is 13.1. The summed E-state index contributed by atoms with van der Waals surface area (Å²) in [4.78, 5) is 17.3.